The SMILES string of the molecule is COc1ccc(-c2nnc(SCC(=O)Nc3nc(-c4ccccc4)cs3)o2)cc1. The average Bonchev–Trinajstić information content (AvgIpc) is 3.43. The van der Waals surface area contributed by atoms with Gasteiger partial charge in [-0.15, -0.1) is 21.5 Å². The maximum atomic E-state index is 12.2. The second-order valence-electron chi connectivity index (χ2n) is 5.84. The summed E-state index contributed by atoms with van der Waals surface area (Å²) in [6.45, 7) is 0. The van der Waals surface area contributed by atoms with Gasteiger partial charge in [0.2, 0.25) is 11.8 Å². The molecule has 0 saturated carbocycles. The predicted molar refractivity (Wildman–Crippen MR) is 113 cm³/mol. The molecule has 0 atom stereocenters. The summed E-state index contributed by atoms with van der Waals surface area (Å²) in [6.07, 6.45) is 0. The molecular formula is C20H16N4O3S2. The van der Waals surface area contributed by atoms with Crippen LogP contribution in [-0.4, -0.2) is 34.0 Å². The number of carbonyl (C=O) groups is 1. The van der Waals surface area contributed by atoms with Gasteiger partial charge in [-0.3, -0.25) is 4.79 Å². The van der Waals surface area contributed by atoms with Crippen molar-refractivity contribution in [2.45, 2.75) is 5.22 Å². The van der Waals surface area contributed by atoms with Crippen LogP contribution in [-0.2, 0) is 4.79 Å². The number of anilines is 1. The highest BCUT2D eigenvalue weighted by molar-refractivity contribution is 7.99. The molecule has 0 aliphatic carbocycles. The van der Waals surface area contributed by atoms with Crippen LogP contribution in [0.15, 0.2) is 69.6 Å². The van der Waals surface area contributed by atoms with E-state index in [1.54, 1.807) is 7.11 Å². The van der Waals surface area contributed by atoms with Crippen molar-refractivity contribution in [1.82, 2.24) is 15.2 Å². The molecule has 0 spiro atoms. The van der Waals surface area contributed by atoms with Gasteiger partial charge in [-0.05, 0) is 24.3 Å². The Hall–Kier alpha value is -3.17. The summed E-state index contributed by atoms with van der Waals surface area (Å²) < 4.78 is 10.7. The lowest BCUT2D eigenvalue weighted by atomic mass is 10.2. The van der Waals surface area contributed by atoms with E-state index < -0.39 is 0 Å². The fraction of sp³-hybridized carbons (Fsp3) is 0.100. The van der Waals surface area contributed by atoms with Gasteiger partial charge in [0.25, 0.3) is 5.22 Å². The molecule has 9 heteroatoms. The van der Waals surface area contributed by atoms with Crippen LogP contribution in [0.2, 0.25) is 0 Å². The maximum absolute atomic E-state index is 12.2. The van der Waals surface area contributed by atoms with E-state index in [9.17, 15) is 4.79 Å². The number of thioether (sulfide) groups is 1. The molecule has 0 saturated heterocycles. The molecule has 0 aliphatic rings. The molecule has 2 aromatic carbocycles. The quantitative estimate of drug-likeness (QED) is 0.434. The first-order chi connectivity index (χ1) is 14.2. The van der Waals surface area contributed by atoms with E-state index >= 15 is 0 Å². The molecule has 0 radical (unpaired) electrons. The van der Waals surface area contributed by atoms with Crippen LogP contribution in [0.25, 0.3) is 22.7 Å². The van der Waals surface area contributed by atoms with Crippen molar-refractivity contribution >= 4 is 34.1 Å². The van der Waals surface area contributed by atoms with Crippen LogP contribution in [0.4, 0.5) is 5.13 Å². The van der Waals surface area contributed by atoms with E-state index in [1.165, 1.54) is 23.1 Å². The van der Waals surface area contributed by atoms with E-state index in [2.05, 4.69) is 20.5 Å². The fourth-order valence-corrected chi connectivity index (χ4v) is 3.77. The number of nitrogens with one attached hydrogen (secondary N) is 1. The molecule has 4 rings (SSSR count). The molecular weight excluding hydrogens is 408 g/mol. The summed E-state index contributed by atoms with van der Waals surface area (Å²) in [7, 11) is 1.61. The third-order valence-corrected chi connectivity index (χ3v) is 5.47. The molecule has 0 aliphatic heterocycles. The lowest BCUT2D eigenvalue weighted by Gasteiger charge is -2.00. The van der Waals surface area contributed by atoms with Gasteiger partial charge >= 0.3 is 0 Å². The van der Waals surface area contributed by atoms with Gasteiger partial charge in [-0.2, -0.15) is 0 Å². The highest BCUT2D eigenvalue weighted by Crippen LogP contribution is 2.26. The summed E-state index contributed by atoms with van der Waals surface area (Å²) in [5.41, 5.74) is 2.63. The van der Waals surface area contributed by atoms with Crippen LogP contribution in [0, 0.1) is 0 Å². The Morgan fingerprint density at radius 3 is 2.66 bits per heavy atom. The topological polar surface area (TPSA) is 90.1 Å². The summed E-state index contributed by atoms with van der Waals surface area (Å²) in [4.78, 5) is 16.7. The van der Waals surface area contributed by atoms with Crippen molar-refractivity contribution in [3.63, 3.8) is 0 Å². The largest absolute Gasteiger partial charge is 0.497 e. The van der Waals surface area contributed by atoms with Crippen LogP contribution < -0.4 is 10.1 Å². The van der Waals surface area contributed by atoms with Gasteiger partial charge in [0, 0.05) is 16.5 Å². The van der Waals surface area contributed by atoms with Gasteiger partial charge < -0.3 is 14.5 Å². The Labute approximate surface area is 175 Å². The van der Waals surface area contributed by atoms with Gasteiger partial charge in [-0.1, -0.05) is 42.1 Å². The highest BCUT2D eigenvalue weighted by atomic mass is 32.2. The second-order valence-corrected chi connectivity index (χ2v) is 7.63. The van der Waals surface area contributed by atoms with Crippen molar-refractivity contribution in [3.8, 4) is 28.5 Å². The molecule has 4 aromatic rings. The number of hydrogen-bond acceptors (Lipinski definition) is 8. The first-order valence-corrected chi connectivity index (χ1v) is 10.5. The minimum Gasteiger partial charge on any atom is -0.497 e. The number of amides is 1. The molecule has 2 heterocycles. The molecule has 7 nitrogen and oxygen atoms in total. The monoisotopic (exact) mass is 424 g/mol. The predicted octanol–water partition coefficient (Wildman–Crippen LogP) is 4.60. The fourth-order valence-electron chi connectivity index (χ4n) is 2.47. The first-order valence-electron chi connectivity index (χ1n) is 8.63. The zero-order valence-electron chi connectivity index (χ0n) is 15.4. The third-order valence-electron chi connectivity index (χ3n) is 3.89. The van der Waals surface area contributed by atoms with Gasteiger partial charge in [-0.25, -0.2) is 4.98 Å². The summed E-state index contributed by atoms with van der Waals surface area (Å²) in [5, 5.41) is 13.6. The van der Waals surface area contributed by atoms with Crippen molar-refractivity contribution in [2.24, 2.45) is 0 Å². The number of methoxy groups -OCH3 is 1. The van der Waals surface area contributed by atoms with Crippen molar-refractivity contribution in [1.29, 1.82) is 0 Å². The van der Waals surface area contributed by atoms with Gasteiger partial charge in [0.05, 0.1) is 18.6 Å². The zero-order chi connectivity index (χ0) is 20.1. The Balaban J connectivity index is 1.32. The number of aromatic nitrogens is 3. The molecule has 2 aromatic heterocycles. The van der Waals surface area contributed by atoms with Crippen molar-refractivity contribution < 1.29 is 13.9 Å². The molecule has 0 fully saturated rings. The van der Waals surface area contributed by atoms with Crippen LogP contribution >= 0.6 is 23.1 Å². The average molecular weight is 425 g/mol. The minimum atomic E-state index is -0.187. The van der Waals surface area contributed by atoms with E-state index in [0.717, 1.165) is 22.6 Å². The molecule has 0 bridgehead atoms. The third kappa shape index (κ3) is 4.82. The minimum absolute atomic E-state index is 0.143. The van der Waals surface area contributed by atoms with E-state index in [-0.39, 0.29) is 11.7 Å². The Morgan fingerprint density at radius 1 is 1.10 bits per heavy atom. The highest BCUT2D eigenvalue weighted by Gasteiger charge is 2.13. The molecule has 146 valence electrons. The van der Waals surface area contributed by atoms with Crippen LogP contribution in [0.3, 0.4) is 0 Å². The van der Waals surface area contributed by atoms with E-state index in [1.807, 2.05) is 60.0 Å². The van der Waals surface area contributed by atoms with E-state index in [0.29, 0.717) is 16.2 Å². The van der Waals surface area contributed by atoms with Gasteiger partial charge in [0.15, 0.2) is 5.13 Å². The van der Waals surface area contributed by atoms with Crippen molar-refractivity contribution in [2.75, 3.05) is 18.2 Å². The molecule has 1 amide bonds. The number of thiazole rings is 1. The second kappa shape index (κ2) is 8.89. The standard InChI is InChI=1S/C20H16N4O3S2/c1-26-15-9-7-14(8-10-15)18-23-24-20(27-18)29-12-17(25)22-19-21-16(11-28-19)13-5-3-2-4-6-13/h2-11H,12H2,1H3,(H,21,22,25). The molecule has 1 N–H and O–H groups in total. The van der Waals surface area contributed by atoms with Gasteiger partial charge in [0.1, 0.15) is 5.75 Å². The Morgan fingerprint density at radius 2 is 1.90 bits per heavy atom. The Kier molecular flexibility index (Phi) is 5.87. The summed E-state index contributed by atoms with van der Waals surface area (Å²) >= 11 is 2.56. The number of carbonyl (C=O) groups excluding carboxylic acids is 1. The lowest BCUT2D eigenvalue weighted by Crippen LogP contribution is -2.13. The number of hydrogen-bond donors (Lipinski definition) is 1. The smallest absolute Gasteiger partial charge is 0.277 e. The number of ether oxygens (including phenoxy) is 1. The summed E-state index contributed by atoms with van der Waals surface area (Å²) in [5.74, 6) is 1.10. The Bertz CT molecular complexity index is 1090. The molecule has 0 unspecified atom stereocenters. The first kappa shape index (κ1) is 19.2. The number of rotatable bonds is 7. The zero-order valence-corrected chi connectivity index (χ0v) is 17.0. The lowest BCUT2D eigenvalue weighted by molar-refractivity contribution is -0.113. The summed E-state index contributed by atoms with van der Waals surface area (Å²) in [6, 6.07) is 17.1. The van der Waals surface area contributed by atoms with Crippen LogP contribution in [0.5, 0.6) is 5.75 Å². The van der Waals surface area contributed by atoms with Crippen molar-refractivity contribution in [3.05, 3.63) is 60.0 Å². The maximum Gasteiger partial charge on any atom is 0.277 e. The van der Waals surface area contributed by atoms with E-state index in [4.69, 9.17) is 9.15 Å². The number of nitrogens with zero attached hydrogens (tertiary/aromatic N) is 3. The van der Waals surface area contributed by atoms with Crippen LogP contribution in [0.1, 0.15) is 0 Å². The number of benzene rings is 2. The molecule has 29 heavy (non-hydrogen) atoms. The normalized spacial score (nSPS) is 10.7.